The highest BCUT2D eigenvalue weighted by atomic mass is 16.2. The number of piperidine rings is 1. The van der Waals surface area contributed by atoms with E-state index in [0.717, 1.165) is 48.0 Å². The van der Waals surface area contributed by atoms with Gasteiger partial charge in [-0.3, -0.25) is 14.9 Å². The van der Waals surface area contributed by atoms with E-state index in [1.807, 2.05) is 32.0 Å². The van der Waals surface area contributed by atoms with Crippen LogP contribution in [0.4, 0.5) is 0 Å². The fraction of sp³-hybridized carbons (Fsp3) is 0.412. The van der Waals surface area contributed by atoms with Crippen LogP contribution in [-0.4, -0.2) is 29.9 Å². The summed E-state index contributed by atoms with van der Waals surface area (Å²) in [5.74, 6) is -0.576. The standard InChI is InChI=1S/C17H21N3O2/c1-10-3-4-14-13(9-10)11(2)15(19-14)17(22)20-16(21)12-5-7-18-8-6-12/h3-4,9,12,18-19H,5-8H2,1-2H3,(H,20,21,22). The average Bonchev–Trinajstić information content (AvgIpc) is 2.85. The van der Waals surface area contributed by atoms with Crippen molar-refractivity contribution in [2.45, 2.75) is 26.7 Å². The first-order valence-electron chi connectivity index (χ1n) is 7.71. The number of aromatic nitrogens is 1. The number of aryl methyl sites for hydroxylation is 2. The fourth-order valence-corrected chi connectivity index (χ4v) is 3.03. The molecule has 0 unspecified atom stereocenters. The number of imide groups is 1. The largest absolute Gasteiger partial charge is 0.350 e. The van der Waals surface area contributed by atoms with Crippen LogP contribution in [0.2, 0.25) is 0 Å². The first-order valence-corrected chi connectivity index (χ1v) is 7.71. The highest BCUT2D eigenvalue weighted by Crippen LogP contribution is 2.23. The van der Waals surface area contributed by atoms with Crippen molar-refractivity contribution in [3.8, 4) is 0 Å². The molecule has 5 heteroatoms. The van der Waals surface area contributed by atoms with E-state index < -0.39 is 0 Å². The molecule has 22 heavy (non-hydrogen) atoms. The van der Waals surface area contributed by atoms with Gasteiger partial charge in [-0.15, -0.1) is 0 Å². The number of carbonyl (C=O) groups excluding carboxylic acids is 2. The SMILES string of the molecule is Cc1ccc2[nH]c(C(=O)NC(=O)C3CCNCC3)c(C)c2c1. The second-order valence-electron chi connectivity index (χ2n) is 6.02. The van der Waals surface area contributed by atoms with Crippen molar-refractivity contribution in [3.63, 3.8) is 0 Å². The molecule has 1 saturated heterocycles. The number of hydrogen-bond acceptors (Lipinski definition) is 3. The van der Waals surface area contributed by atoms with Gasteiger partial charge in [0.25, 0.3) is 5.91 Å². The fourth-order valence-electron chi connectivity index (χ4n) is 3.03. The number of carbonyl (C=O) groups is 2. The lowest BCUT2D eigenvalue weighted by molar-refractivity contribution is -0.124. The van der Waals surface area contributed by atoms with Crippen LogP contribution in [0.25, 0.3) is 10.9 Å². The molecule has 1 fully saturated rings. The zero-order valence-electron chi connectivity index (χ0n) is 13.0. The predicted molar refractivity (Wildman–Crippen MR) is 85.8 cm³/mol. The summed E-state index contributed by atoms with van der Waals surface area (Å²) >= 11 is 0. The monoisotopic (exact) mass is 299 g/mol. The number of hydrogen-bond donors (Lipinski definition) is 3. The van der Waals surface area contributed by atoms with Crippen LogP contribution in [0.1, 0.15) is 34.5 Å². The van der Waals surface area contributed by atoms with Crippen LogP contribution >= 0.6 is 0 Å². The van der Waals surface area contributed by atoms with Crippen LogP contribution in [0.15, 0.2) is 18.2 Å². The molecule has 0 spiro atoms. The van der Waals surface area contributed by atoms with Gasteiger partial charge in [0.15, 0.2) is 0 Å². The van der Waals surface area contributed by atoms with Gasteiger partial charge >= 0.3 is 0 Å². The molecule has 2 heterocycles. The molecule has 0 aliphatic carbocycles. The van der Waals surface area contributed by atoms with Crippen molar-refractivity contribution in [1.82, 2.24) is 15.6 Å². The first kappa shape index (κ1) is 14.8. The Bertz CT molecular complexity index is 727. The zero-order chi connectivity index (χ0) is 15.7. The summed E-state index contributed by atoms with van der Waals surface area (Å²) < 4.78 is 0. The van der Waals surface area contributed by atoms with E-state index in [1.54, 1.807) is 0 Å². The molecule has 2 aromatic rings. The summed E-state index contributed by atoms with van der Waals surface area (Å²) in [6.45, 7) is 5.59. The molecule has 0 bridgehead atoms. The number of fused-ring (bicyclic) bond motifs is 1. The molecule has 1 aromatic heterocycles. The molecule has 0 atom stereocenters. The van der Waals surface area contributed by atoms with E-state index in [0.29, 0.717) is 5.69 Å². The van der Waals surface area contributed by atoms with E-state index in [1.165, 1.54) is 0 Å². The molecule has 1 aromatic carbocycles. The van der Waals surface area contributed by atoms with Crippen LogP contribution in [0.3, 0.4) is 0 Å². The first-order chi connectivity index (χ1) is 10.6. The van der Waals surface area contributed by atoms with E-state index in [9.17, 15) is 9.59 Å². The minimum Gasteiger partial charge on any atom is -0.350 e. The molecule has 3 rings (SSSR count). The zero-order valence-corrected chi connectivity index (χ0v) is 13.0. The van der Waals surface area contributed by atoms with Crippen molar-refractivity contribution in [1.29, 1.82) is 0 Å². The third-order valence-corrected chi connectivity index (χ3v) is 4.39. The maximum absolute atomic E-state index is 12.4. The van der Waals surface area contributed by atoms with E-state index in [4.69, 9.17) is 0 Å². The number of aromatic amines is 1. The van der Waals surface area contributed by atoms with Crippen molar-refractivity contribution >= 4 is 22.7 Å². The number of amides is 2. The maximum Gasteiger partial charge on any atom is 0.274 e. The third-order valence-electron chi connectivity index (χ3n) is 4.39. The Balaban J connectivity index is 1.80. The van der Waals surface area contributed by atoms with Crippen molar-refractivity contribution in [2.24, 2.45) is 5.92 Å². The summed E-state index contributed by atoms with van der Waals surface area (Å²) in [5.41, 5.74) is 3.42. The molecule has 0 saturated carbocycles. The van der Waals surface area contributed by atoms with Gasteiger partial charge in [-0.05, 0) is 57.5 Å². The summed E-state index contributed by atoms with van der Waals surface area (Å²) in [7, 11) is 0. The molecule has 1 aliphatic heterocycles. The lowest BCUT2D eigenvalue weighted by Gasteiger charge is -2.21. The molecule has 0 radical (unpaired) electrons. The lowest BCUT2D eigenvalue weighted by atomic mass is 9.97. The van der Waals surface area contributed by atoms with Crippen molar-refractivity contribution < 1.29 is 9.59 Å². The smallest absolute Gasteiger partial charge is 0.274 e. The molecule has 116 valence electrons. The molecule has 5 nitrogen and oxygen atoms in total. The number of nitrogens with one attached hydrogen (secondary N) is 3. The Kier molecular flexibility index (Phi) is 3.98. The van der Waals surface area contributed by atoms with Crippen LogP contribution in [-0.2, 0) is 4.79 Å². The molecular formula is C17H21N3O2. The van der Waals surface area contributed by atoms with E-state index in [2.05, 4.69) is 15.6 Å². The number of rotatable bonds is 2. The second-order valence-corrected chi connectivity index (χ2v) is 6.02. The summed E-state index contributed by atoms with van der Waals surface area (Å²) in [6.07, 6.45) is 1.56. The highest BCUT2D eigenvalue weighted by molar-refractivity contribution is 6.08. The second kappa shape index (κ2) is 5.93. The Morgan fingerprint density at radius 2 is 1.91 bits per heavy atom. The van der Waals surface area contributed by atoms with Crippen molar-refractivity contribution in [2.75, 3.05) is 13.1 Å². The Labute approximate surface area is 129 Å². The predicted octanol–water partition coefficient (Wildman–Crippen LogP) is 2.04. The van der Waals surface area contributed by atoms with Crippen LogP contribution < -0.4 is 10.6 Å². The van der Waals surface area contributed by atoms with E-state index in [-0.39, 0.29) is 17.7 Å². The molecular weight excluding hydrogens is 278 g/mol. The van der Waals surface area contributed by atoms with E-state index >= 15 is 0 Å². The van der Waals surface area contributed by atoms with Gasteiger partial charge in [0.2, 0.25) is 5.91 Å². The van der Waals surface area contributed by atoms with Crippen LogP contribution in [0, 0.1) is 19.8 Å². The van der Waals surface area contributed by atoms with Gasteiger partial charge in [0, 0.05) is 16.8 Å². The van der Waals surface area contributed by atoms with Gasteiger partial charge in [0.05, 0.1) is 0 Å². The van der Waals surface area contributed by atoms with Gasteiger partial charge in [0.1, 0.15) is 5.69 Å². The number of benzene rings is 1. The minimum absolute atomic E-state index is 0.0721. The van der Waals surface area contributed by atoms with Gasteiger partial charge < -0.3 is 10.3 Å². The third kappa shape index (κ3) is 2.76. The van der Waals surface area contributed by atoms with Crippen LogP contribution in [0.5, 0.6) is 0 Å². The van der Waals surface area contributed by atoms with Gasteiger partial charge in [-0.25, -0.2) is 0 Å². The summed E-state index contributed by atoms with van der Waals surface area (Å²) in [6, 6.07) is 6.01. The summed E-state index contributed by atoms with van der Waals surface area (Å²) in [5, 5.41) is 6.79. The lowest BCUT2D eigenvalue weighted by Crippen LogP contribution is -2.41. The Morgan fingerprint density at radius 3 is 2.64 bits per heavy atom. The molecule has 2 amide bonds. The summed E-state index contributed by atoms with van der Waals surface area (Å²) in [4.78, 5) is 27.7. The average molecular weight is 299 g/mol. The Hall–Kier alpha value is -2.14. The molecule has 1 aliphatic rings. The molecule has 3 N–H and O–H groups in total. The quantitative estimate of drug-likeness (QED) is 0.743. The minimum atomic E-state index is -0.338. The highest BCUT2D eigenvalue weighted by Gasteiger charge is 2.24. The van der Waals surface area contributed by atoms with Gasteiger partial charge in [-0.1, -0.05) is 11.6 Å². The Morgan fingerprint density at radius 1 is 1.18 bits per heavy atom. The normalized spacial score (nSPS) is 15.9. The maximum atomic E-state index is 12.4. The number of H-pyrrole nitrogens is 1. The topological polar surface area (TPSA) is 74.0 Å². The van der Waals surface area contributed by atoms with Crippen molar-refractivity contribution in [3.05, 3.63) is 35.0 Å². The van der Waals surface area contributed by atoms with Gasteiger partial charge in [-0.2, -0.15) is 0 Å².